The van der Waals surface area contributed by atoms with Gasteiger partial charge in [-0.1, -0.05) is 31.1 Å². The SMILES string of the molecule is CCCCCS(=O)c1nncs1. The highest BCUT2D eigenvalue weighted by Gasteiger charge is 2.05. The van der Waals surface area contributed by atoms with E-state index < -0.39 is 10.8 Å². The van der Waals surface area contributed by atoms with Gasteiger partial charge in [-0.3, -0.25) is 4.21 Å². The summed E-state index contributed by atoms with van der Waals surface area (Å²) in [6.07, 6.45) is 3.32. The first-order chi connectivity index (χ1) is 5.84. The minimum absolute atomic E-state index is 0.658. The van der Waals surface area contributed by atoms with Gasteiger partial charge in [0, 0.05) is 5.75 Å². The van der Waals surface area contributed by atoms with Gasteiger partial charge in [0.05, 0.1) is 10.8 Å². The van der Waals surface area contributed by atoms with E-state index in [1.165, 1.54) is 11.3 Å². The standard InChI is InChI=1S/C7H12N2OS2/c1-2-3-4-5-12(10)7-9-8-6-11-7/h6H,2-5H2,1H3. The van der Waals surface area contributed by atoms with Gasteiger partial charge in [-0.15, -0.1) is 10.2 Å². The molecule has 0 aliphatic rings. The second-order valence-corrected chi connectivity index (χ2v) is 5.04. The van der Waals surface area contributed by atoms with Crippen LogP contribution in [0.4, 0.5) is 0 Å². The van der Waals surface area contributed by atoms with Crippen molar-refractivity contribution in [1.29, 1.82) is 0 Å². The van der Waals surface area contributed by atoms with Crippen LogP contribution in [-0.4, -0.2) is 20.2 Å². The monoisotopic (exact) mass is 204 g/mol. The van der Waals surface area contributed by atoms with Gasteiger partial charge in [0.1, 0.15) is 5.51 Å². The fourth-order valence-corrected chi connectivity index (χ4v) is 2.70. The van der Waals surface area contributed by atoms with Crippen molar-refractivity contribution in [3.8, 4) is 0 Å². The number of rotatable bonds is 5. The maximum atomic E-state index is 11.4. The van der Waals surface area contributed by atoms with E-state index in [2.05, 4.69) is 17.1 Å². The third-order valence-corrected chi connectivity index (χ3v) is 3.93. The fourth-order valence-electron chi connectivity index (χ4n) is 0.833. The number of unbranched alkanes of at least 4 members (excludes halogenated alkanes) is 2. The molecule has 1 aromatic rings. The van der Waals surface area contributed by atoms with Gasteiger partial charge < -0.3 is 0 Å². The molecule has 0 saturated carbocycles. The Labute approximate surface area is 78.7 Å². The minimum atomic E-state index is -0.909. The van der Waals surface area contributed by atoms with Crippen LogP contribution in [0.1, 0.15) is 26.2 Å². The summed E-state index contributed by atoms with van der Waals surface area (Å²) in [5, 5.41) is 7.41. The number of nitrogens with zero attached hydrogens (tertiary/aromatic N) is 2. The summed E-state index contributed by atoms with van der Waals surface area (Å²) in [5.41, 5.74) is 1.62. The summed E-state index contributed by atoms with van der Waals surface area (Å²) >= 11 is 1.37. The molecule has 0 spiro atoms. The van der Waals surface area contributed by atoms with Gasteiger partial charge in [0.25, 0.3) is 0 Å². The molecule has 0 fully saturated rings. The number of hydrogen-bond donors (Lipinski definition) is 0. The largest absolute Gasteiger partial charge is 0.252 e. The molecule has 5 heteroatoms. The zero-order valence-electron chi connectivity index (χ0n) is 7.02. The van der Waals surface area contributed by atoms with Crippen molar-refractivity contribution >= 4 is 22.1 Å². The Hall–Kier alpha value is -0.290. The van der Waals surface area contributed by atoms with E-state index in [0.717, 1.165) is 25.0 Å². The Bertz CT molecular complexity index is 236. The summed E-state index contributed by atoms with van der Waals surface area (Å²) in [5.74, 6) is 0.725. The van der Waals surface area contributed by atoms with Crippen molar-refractivity contribution in [3.05, 3.63) is 5.51 Å². The maximum absolute atomic E-state index is 11.4. The van der Waals surface area contributed by atoms with E-state index in [4.69, 9.17) is 0 Å². The van der Waals surface area contributed by atoms with E-state index in [1.807, 2.05) is 0 Å². The van der Waals surface area contributed by atoms with Crippen LogP contribution in [0.3, 0.4) is 0 Å². The van der Waals surface area contributed by atoms with Crippen LogP contribution in [0, 0.1) is 0 Å². The highest BCUT2D eigenvalue weighted by atomic mass is 32.2. The summed E-state index contributed by atoms with van der Waals surface area (Å²) in [6, 6.07) is 0. The first-order valence-corrected chi connectivity index (χ1v) is 6.19. The van der Waals surface area contributed by atoms with Crippen molar-refractivity contribution in [2.45, 2.75) is 30.5 Å². The number of aromatic nitrogens is 2. The Morgan fingerprint density at radius 2 is 2.42 bits per heavy atom. The van der Waals surface area contributed by atoms with Crippen LogP contribution in [0.2, 0.25) is 0 Å². The van der Waals surface area contributed by atoms with Crippen molar-refractivity contribution in [2.75, 3.05) is 5.75 Å². The zero-order valence-corrected chi connectivity index (χ0v) is 8.66. The average molecular weight is 204 g/mol. The molecule has 1 heterocycles. The van der Waals surface area contributed by atoms with Gasteiger partial charge in [0.2, 0.25) is 4.34 Å². The van der Waals surface area contributed by atoms with E-state index in [1.54, 1.807) is 5.51 Å². The van der Waals surface area contributed by atoms with Crippen molar-refractivity contribution in [1.82, 2.24) is 10.2 Å². The highest BCUT2D eigenvalue weighted by molar-refractivity contribution is 7.87. The van der Waals surface area contributed by atoms with Crippen LogP contribution < -0.4 is 0 Å². The predicted octanol–water partition coefficient (Wildman–Crippen LogP) is 1.84. The third kappa shape index (κ3) is 2.98. The molecule has 1 rings (SSSR count). The number of hydrogen-bond acceptors (Lipinski definition) is 4. The van der Waals surface area contributed by atoms with Gasteiger partial charge in [-0.2, -0.15) is 0 Å². The lowest BCUT2D eigenvalue weighted by atomic mass is 10.3. The van der Waals surface area contributed by atoms with Gasteiger partial charge >= 0.3 is 0 Å². The molecule has 0 aliphatic carbocycles. The topological polar surface area (TPSA) is 42.9 Å². The molecular formula is C7H12N2OS2. The molecule has 0 aliphatic heterocycles. The van der Waals surface area contributed by atoms with Gasteiger partial charge in [0.15, 0.2) is 0 Å². The minimum Gasteiger partial charge on any atom is -0.252 e. The molecule has 1 atom stereocenters. The van der Waals surface area contributed by atoms with E-state index in [9.17, 15) is 4.21 Å². The maximum Gasteiger partial charge on any atom is 0.204 e. The summed E-state index contributed by atoms with van der Waals surface area (Å²) < 4.78 is 12.1. The summed E-state index contributed by atoms with van der Waals surface area (Å²) in [7, 11) is -0.909. The van der Waals surface area contributed by atoms with Crippen molar-refractivity contribution in [2.24, 2.45) is 0 Å². The van der Waals surface area contributed by atoms with Gasteiger partial charge in [-0.05, 0) is 6.42 Å². The van der Waals surface area contributed by atoms with Gasteiger partial charge in [-0.25, -0.2) is 0 Å². The van der Waals surface area contributed by atoms with Crippen LogP contribution >= 0.6 is 11.3 Å². The zero-order chi connectivity index (χ0) is 8.81. The summed E-state index contributed by atoms with van der Waals surface area (Å²) in [4.78, 5) is 0. The Morgan fingerprint density at radius 3 is 3.00 bits per heavy atom. The Kier molecular flexibility index (Phi) is 4.39. The normalized spacial score (nSPS) is 13.1. The lowest BCUT2D eigenvalue weighted by Crippen LogP contribution is -1.97. The van der Waals surface area contributed by atoms with E-state index >= 15 is 0 Å². The van der Waals surface area contributed by atoms with Crippen molar-refractivity contribution < 1.29 is 4.21 Å². The summed E-state index contributed by atoms with van der Waals surface area (Å²) in [6.45, 7) is 2.13. The molecule has 3 nitrogen and oxygen atoms in total. The van der Waals surface area contributed by atoms with E-state index in [-0.39, 0.29) is 0 Å². The molecule has 0 bridgehead atoms. The Morgan fingerprint density at radius 1 is 1.58 bits per heavy atom. The van der Waals surface area contributed by atoms with E-state index in [0.29, 0.717) is 4.34 Å². The smallest absolute Gasteiger partial charge is 0.204 e. The average Bonchev–Trinajstić information content (AvgIpc) is 2.56. The van der Waals surface area contributed by atoms with Crippen LogP contribution in [0.15, 0.2) is 9.85 Å². The molecule has 0 N–H and O–H groups in total. The molecule has 0 saturated heterocycles. The van der Waals surface area contributed by atoms with Crippen LogP contribution in [0.5, 0.6) is 0 Å². The Balaban J connectivity index is 2.30. The second kappa shape index (κ2) is 5.37. The molecule has 12 heavy (non-hydrogen) atoms. The molecule has 0 aromatic carbocycles. The fraction of sp³-hybridized carbons (Fsp3) is 0.714. The second-order valence-electron chi connectivity index (χ2n) is 2.46. The lowest BCUT2D eigenvalue weighted by molar-refractivity contribution is 0.674. The molecule has 68 valence electrons. The molecule has 1 unspecified atom stereocenters. The highest BCUT2D eigenvalue weighted by Crippen LogP contribution is 2.09. The predicted molar refractivity (Wildman–Crippen MR) is 50.7 cm³/mol. The first-order valence-electron chi connectivity index (χ1n) is 3.99. The molecule has 1 aromatic heterocycles. The van der Waals surface area contributed by atoms with Crippen molar-refractivity contribution in [3.63, 3.8) is 0 Å². The third-order valence-electron chi connectivity index (χ3n) is 1.47. The molecular weight excluding hydrogens is 192 g/mol. The van der Waals surface area contributed by atoms with Crippen LogP contribution in [-0.2, 0) is 10.8 Å². The first kappa shape index (κ1) is 9.80. The molecule has 0 amide bonds. The quantitative estimate of drug-likeness (QED) is 0.687. The van der Waals surface area contributed by atoms with Crippen LogP contribution in [0.25, 0.3) is 0 Å². The molecule has 0 radical (unpaired) electrons. The lowest BCUT2D eigenvalue weighted by Gasteiger charge is -1.95.